The van der Waals surface area contributed by atoms with Crippen LogP contribution >= 0.6 is 11.8 Å². The number of hydroxylamine groups is 2. The minimum atomic E-state index is -1.49. The summed E-state index contributed by atoms with van der Waals surface area (Å²) >= 11 is 1.12. The van der Waals surface area contributed by atoms with Gasteiger partial charge in [0.05, 0.1) is 12.6 Å². The molecule has 150 valence electrons. The van der Waals surface area contributed by atoms with Crippen LogP contribution in [-0.2, 0) is 11.2 Å². The normalized spacial score (nSPS) is 16.1. The van der Waals surface area contributed by atoms with E-state index >= 15 is 0 Å². The van der Waals surface area contributed by atoms with Crippen molar-refractivity contribution < 1.29 is 29.2 Å². The monoisotopic (exact) mass is 411 g/mol. The van der Waals surface area contributed by atoms with Crippen LogP contribution in [0.4, 0.5) is 4.39 Å². The van der Waals surface area contributed by atoms with Crippen LogP contribution in [0.1, 0.15) is 22.9 Å². The van der Waals surface area contributed by atoms with Crippen molar-refractivity contribution in [2.45, 2.75) is 23.6 Å². The molecule has 0 aliphatic heterocycles. The zero-order valence-electron chi connectivity index (χ0n) is 14.5. The fourth-order valence-corrected chi connectivity index (χ4v) is 3.43. The lowest BCUT2D eigenvalue weighted by molar-refractivity contribution is -0.131. The van der Waals surface area contributed by atoms with Crippen molar-refractivity contribution in [3.8, 4) is 0 Å². The highest BCUT2D eigenvalue weighted by Gasteiger charge is 2.35. The highest BCUT2D eigenvalue weighted by molar-refractivity contribution is 7.99. The first kappa shape index (κ1) is 20.2. The predicted octanol–water partition coefficient (Wildman–Crippen LogP) is 0.0842. The third-order valence-electron chi connectivity index (χ3n) is 4.20. The number of hydrogen-bond donors (Lipinski definition) is 5. The van der Waals surface area contributed by atoms with Crippen LogP contribution in [0.3, 0.4) is 0 Å². The van der Waals surface area contributed by atoms with E-state index in [2.05, 4.69) is 20.3 Å². The molecule has 12 heteroatoms. The number of nitrogens with one attached hydrogen (secondary N) is 2. The average Bonchev–Trinajstić information content (AvgIpc) is 3.14. The first-order valence-corrected chi connectivity index (χ1v) is 9.28. The number of halogens is 1. The van der Waals surface area contributed by atoms with Gasteiger partial charge in [0.2, 0.25) is 0 Å². The third kappa shape index (κ3) is 4.14. The van der Waals surface area contributed by atoms with Crippen molar-refractivity contribution in [1.29, 1.82) is 5.41 Å². The van der Waals surface area contributed by atoms with Crippen LogP contribution in [0.15, 0.2) is 27.9 Å². The Morgan fingerprint density at radius 3 is 3.04 bits per heavy atom. The number of aromatic nitrogens is 2. The Bertz CT molecular complexity index is 879. The molecule has 0 bridgehead atoms. The molecule has 5 N–H and O–H groups in total. The first-order valence-electron chi connectivity index (χ1n) is 8.29. The molecule has 1 aromatic heterocycles. The Morgan fingerprint density at radius 2 is 2.29 bits per heavy atom. The van der Waals surface area contributed by atoms with Crippen LogP contribution in [0.2, 0.25) is 0 Å². The van der Waals surface area contributed by atoms with Crippen molar-refractivity contribution >= 4 is 23.5 Å². The minimum Gasteiger partial charge on any atom is -0.393 e. The maximum atomic E-state index is 13.4. The molecule has 0 radical (unpaired) electrons. The van der Waals surface area contributed by atoms with Crippen LogP contribution in [0, 0.1) is 11.2 Å². The largest absolute Gasteiger partial charge is 0.393 e. The third-order valence-corrected chi connectivity index (χ3v) is 5.15. The number of carbonyl (C=O) groups excluding carboxylic acids is 1. The average molecular weight is 411 g/mol. The van der Waals surface area contributed by atoms with Crippen molar-refractivity contribution in [2.24, 2.45) is 0 Å². The van der Waals surface area contributed by atoms with E-state index in [0.29, 0.717) is 22.8 Å². The minimum absolute atomic E-state index is 0.0130. The second kappa shape index (κ2) is 8.65. The van der Waals surface area contributed by atoms with Gasteiger partial charge in [-0.1, -0.05) is 17.8 Å². The summed E-state index contributed by atoms with van der Waals surface area (Å²) in [7, 11) is 0. The van der Waals surface area contributed by atoms with E-state index in [9.17, 15) is 14.4 Å². The van der Waals surface area contributed by atoms with Crippen LogP contribution in [0.25, 0.3) is 0 Å². The molecule has 0 unspecified atom stereocenters. The van der Waals surface area contributed by atoms with Crippen LogP contribution < -0.4 is 5.32 Å². The standard InChI is InChI=1S/C16H18FN5O5S/c17-9-2-1-8-5-11(10(8)6-9)22(26)14(18)13-16(21-27-20-13)28-4-3-19-15(25)12(24)7-23/h1-2,6,11-12,18,23-24,26H,3-5,7H2,(H,19,25)/t11-,12+/m0/s1. The van der Waals surface area contributed by atoms with Gasteiger partial charge in [-0.05, 0) is 40.0 Å². The number of benzene rings is 1. The van der Waals surface area contributed by atoms with E-state index in [1.54, 1.807) is 6.07 Å². The van der Waals surface area contributed by atoms with E-state index in [1.807, 2.05) is 0 Å². The van der Waals surface area contributed by atoms with Gasteiger partial charge in [-0.2, -0.15) is 0 Å². The summed E-state index contributed by atoms with van der Waals surface area (Å²) in [6, 6.07) is 3.74. The highest BCUT2D eigenvalue weighted by atomic mass is 32.2. The van der Waals surface area contributed by atoms with Crippen molar-refractivity contribution in [2.75, 3.05) is 18.9 Å². The maximum Gasteiger partial charge on any atom is 0.251 e. The van der Waals surface area contributed by atoms with E-state index in [4.69, 9.17) is 15.6 Å². The molecule has 0 saturated heterocycles. The number of amidine groups is 1. The van der Waals surface area contributed by atoms with Gasteiger partial charge in [0, 0.05) is 12.3 Å². The van der Waals surface area contributed by atoms with Gasteiger partial charge < -0.3 is 15.5 Å². The summed E-state index contributed by atoms with van der Waals surface area (Å²) < 4.78 is 18.1. The molecule has 2 atom stereocenters. The highest BCUT2D eigenvalue weighted by Crippen LogP contribution is 2.38. The fourth-order valence-electron chi connectivity index (χ4n) is 2.67. The Labute approximate surface area is 162 Å². The van der Waals surface area contributed by atoms with Crippen LogP contribution in [0.5, 0.6) is 0 Å². The molecule has 1 aliphatic rings. The topological polar surface area (TPSA) is 156 Å². The van der Waals surface area contributed by atoms with Gasteiger partial charge in [-0.3, -0.25) is 15.4 Å². The number of nitrogens with zero attached hydrogens (tertiary/aromatic N) is 3. The molecule has 3 rings (SSSR count). The zero-order chi connectivity index (χ0) is 20.3. The predicted molar refractivity (Wildman–Crippen MR) is 94.4 cm³/mol. The number of aliphatic hydroxyl groups excluding tert-OH is 2. The van der Waals surface area contributed by atoms with Gasteiger partial charge >= 0.3 is 0 Å². The van der Waals surface area contributed by atoms with Gasteiger partial charge in [0.25, 0.3) is 5.91 Å². The van der Waals surface area contributed by atoms with E-state index in [0.717, 1.165) is 17.3 Å². The summed E-state index contributed by atoms with van der Waals surface area (Å²) in [6.45, 7) is -0.508. The maximum absolute atomic E-state index is 13.4. The molecule has 0 saturated carbocycles. The lowest BCUT2D eigenvalue weighted by atomic mass is 9.83. The number of rotatable bonds is 8. The lowest BCUT2D eigenvalue weighted by Crippen LogP contribution is -2.38. The smallest absolute Gasteiger partial charge is 0.251 e. The second-order valence-corrected chi connectivity index (χ2v) is 7.10. The molecule has 1 amide bonds. The van der Waals surface area contributed by atoms with E-state index < -0.39 is 30.5 Å². The Balaban J connectivity index is 1.57. The summed E-state index contributed by atoms with van der Waals surface area (Å²) in [6.07, 6.45) is -1.03. The number of hydrogen-bond acceptors (Lipinski definition) is 9. The van der Waals surface area contributed by atoms with Gasteiger partial charge in [0.1, 0.15) is 5.82 Å². The molecule has 1 heterocycles. The summed E-state index contributed by atoms with van der Waals surface area (Å²) in [5.74, 6) is -1.15. The first-order chi connectivity index (χ1) is 13.4. The quantitative estimate of drug-likeness (QED) is 0.133. The van der Waals surface area contributed by atoms with E-state index in [-0.39, 0.29) is 23.1 Å². The number of fused-ring (bicyclic) bond motifs is 1. The number of aliphatic hydroxyl groups is 2. The zero-order valence-corrected chi connectivity index (χ0v) is 15.3. The molecule has 10 nitrogen and oxygen atoms in total. The second-order valence-electron chi connectivity index (χ2n) is 6.01. The van der Waals surface area contributed by atoms with Crippen molar-refractivity contribution in [3.63, 3.8) is 0 Å². The molecule has 2 aromatic rings. The van der Waals surface area contributed by atoms with Crippen molar-refractivity contribution in [3.05, 3.63) is 40.8 Å². The van der Waals surface area contributed by atoms with Gasteiger partial charge in [0.15, 0.2) is 22.7 Å². The molecule has 0 fully saturated rings. The SMILES string of the molecule is N=C(c1nonc1SCCNC(=O)[C@H](O)CO)N(O)[C@H]1Cc2ccc(F)cc21. The summed E-state index contributed by atoms with van der Waals surface area (Å²) in [4.78, 5) is 11.4. The number of thioether (sulfide) groups is 1. The molecule has 0 spiro atoms. The molecule has 1 aromatic carbocycles. The number of amides is 1. The Kier molecular flexibility index (Phi) is 6.24. The molecule has 28 heavy (non-hydrogen) atoms. The Morgan fingerprint density at radius 1 is 1.50 bits per heavy atom. The van der Waals surface area contributed by atoms with Crippen molar-refractivity contribution in [1.82, 2.24) is 20.7 Å². The summed E-state index contributed by atoms with van der Waals surface area (Å²) in [5, 5.41) is 47.1. The summed E-state index contributed by atoms with van der Waals surface area (Å²) in [5.41, 5.74) is 1.51. The van der Waals surface area contributed by atoms with Gasteiger partial charge in [-0.15, -0.1) is 0 Å². The van der Waals surface area contributed by atoms with Gasteiger partial charge in [-0.25, -0.2) is 14.1 Å². The lowest BCUT2D eigenvalue weighted by Gasteiger charge is -2.36. The van der Waals surface area contributed by atoms with Crippen LogP contribution in [-0.4, -0.2) is 67.5 Å². The fraction of sp³-hybridized carbons (Fsp3) is 0.375. The number of carbonyl (C=O) groups is 1. The Hall–Kier alpha value is -2.54. The molecule has 1 aliphatic carbocycles. The molecular formula is C16H18FN5O5S. The van der Waals surface area contributed by atoms with E-state index in [1.165, 1.54) is 12.1 Å². The molecular weight excluding hydrogens is 393 g/mol.